The zero-order valence-corrected chi connectivity index (χ0v) is 35.2. The molecule has 1 radical (unpaired) electrons. The molecule has 0 aliphatic heterocycles. The topological polar surface area (TPSA) is 56.7 Å². The molecule has 5 nitrogen and oxygen atoms in total. The Morgan fingerprint density at radius 1 is 0.774 bits per heavy atom. The van der Waals surface area contributed by atoms with E-state index in [4.69, 9.17) is 14.4 Å². The third-order valence-corrected chi connectivity index (χ3v) is 11.3. The van der Waals surface area contributed by atoms with Crippen LogP contribution in [-0.4, -0.2) is 27.6 Å². The minimum Gasteiger partial charge on any atom is -0.486 e. The van der Waals surface area contributed by atoms with Crippen LogP contribution in [0.3, 0.4) is 0 Å². The van der Waals surface area contributed by atoms with Gasteiger partial charge in [0.05, 0.1) is 36.2 Å². The number of nitrogens with zero attached hydrogens (tertiary/aromatic N) is 4. The van der Waals surface area contributed by atoms with Gasteiger partial charge in [0, 0.05) is 42.8 Å². The predicted octanol–water partition coefficient (Wildman–Crippen LogP) is 11.5. The summed E-state index contributed by atoms with van der Waals surface area (Å²) >= 11 is 0. The number of rotatable bonds is 6. The molecule has 0 aliphatic rings. The first-order valence-corrected chi connectivity index (χ1v) is 21.6. The number of pyridine rings is 2. The van der Waals surface area contributed by atoms with Crippen LogP contribution in [0.4, 0.5) is 0 Å². The van der Waals surface area contributed by atoms with Crippen LogP contribution in [0.1, 0.15) is 40.2 Å². The zero-order valence-electron chi connectivity index (χ0n) is 31.8. The van der Waals surface area contributed by atoms with Crippen LogP contribution in [0.2, 0.25) is 19.6 Å². The Morgan fingerprint density at radius 2 is 1.51 bits per heavy atom. The zero-order chi connectivity index (χ0) is 36.6. The minimum atomic E-state index is -1.34. The minimum absolute atomic E-state index is 0. The molecule has 4 aromatic heterocycles. The summed E-state index contributed by atoms with van der Waals surface area (Å²) < 4.78 is 8.64. The summed E-state index contributed by atoms with van der Waals surface area (Å²) in [5.74, 6) is 1.52. The first kappa shape index (κ1) is 38.1. The van der Waals surface area contributed by atoms with E-state index in [2.05, 4.69) is 125 Å². The van der Waals surface area contributed by atoms with Crippen molar-refractivity contribution in [2.75, 3.05) is 0 Å². The van der Waals surface area contributed by atoms with Gasteiger partial charge < -0.3 is 14.0 Å². The van der Waals surface area contributed by atoms with Crippen molar-refractivity contribution in [1.29, 1.82) is 0 Å². The van der Waals surface area contributed by atoms with Gasteiger partial charge in [-0.25, -0.2) is 4.98 Å². The monoisotopic (exact) mass is 891 g/mol. The standard InChI is InChI=1S/C28H22N3O.C18H24NSi.Ir/c1-28(2,3)31-24-15-8-7-14-23(24)29-26(31)21-13-9-12-19-20-16-17-22(18-10-5-4-6-11-18)30-27(20)32-25(19)21;1-14(2)11-16-12-17(15-9-7-6-8-10-15)19-13-18(16)20(3,4)5;/h4-12,14-17H,1-3H3;6-9,12-14H,11H2,1-5H3;/q2*-1;. The Balaban J connectivity index is 0.000000199. The van der Waals surface area contributed by atoms with Gasteiger partial charge in [-0.3, -0.25) is 4.98 Å². The summed E-state index contributed by atoms with van der Waals surface area (Å²) in [4.78, 5) is 14.5. The third kappa shape index (κ3) is 7.98. The van der Waals surface area contributed by atoms with E-state index in [9.17, 15) is 0 Å². The van der Waals surface area contributed by atoms with E-state index >= 15 is 0 Å². The van der Waals surface area contributed by atoms with Gasteiger partial charge in [-0.15, -0.1) is 54.1 Å². The van der Waals surface area contributed by atoms with Gasteiger partial charge in [-0.1, -0.05) is 98.5 Å². The van der Waals surface area contributed by atoms with E-state index in [1.807, 2.05) is 66.7 Å². The molecule has 0 aliphatic carbocycles. The molecule has 0 unspecified atom stereocenters. The summed E-state index contributed by atoms with van der Waals surface area (Å²) in [7, 11) is -1.34. The maximum atomic E-state index is 6.37. The number of para-hydroxylation sites is 2. The largest absolute Gasteiger partial charge is 0.486 e. The molecule has 0 spiro atoms. The van der Waals surface area contributed by atoms with Crippen molar-refractivity contribution in [1.82, 2.24) is 19.5 Å². The molecule has 8 rings (SSSR count). The van der Waals surface area contributed by atoms with Crippen molar-refractivity contribution < 1.29 is 24.5 Å². The molecule has 271 valence electrons. The van der Waals surface area contributed by atoms with Gasteiger partial charge in [0.1, 0.15) is 0 Å². The fourth-order valence-electron chi connectivity index (χ4n) is 6.91. The molecule has 8 aromatic rings. The normalized spacial score (nSPS) is 11.9. The van der Waals surface area contributed by atoms with Crippen molar-refractivity contribution in [3.05, 3.63) is 133 Å². The molecule has 0 saturated heterocycles. The molecular formula is C46H46IrN4OSi-2. The number of benzene rings is 4. The van der Waals surface area contributed by atoms with E-state index in [0.29, 0.717) is 11.6 Å². The third-order valence-electron chi connectivity index (χ3n) is 9.23. The van der Waals surface area contributed by atoms with Crippen LogP contribution in [0.15, 0.2) is 120 Å². The van der Waals surface area contributed by atoms with Crippen LogP contribution in [0.25, 0.3) is 67.0 Å². The number of aromatic nitrogens is 4. The van der Waals surface area contributed by atoms with Crippen molar-refractivity contribution in [3.8, 4) is 33.9 Å². The second kappa shape index (κ2) is 15.4. The van der Waals surface area contributed by atoms with Crippen molar-refractivity contribution >= 4 is 46.4 Å². The van der Waals surface area contributed by atoms with E-state index in [1.165, 1.54) is 10.8 Å². The van der Waals surface area contributed by atoms with Crippen LogP contribution < -0.4 is 5.19 Å². The molecule has 4 aromatic carbocycles. The average Bonchev–Trinajstić information content (AvgIpc) is 3.71. The van der Waals surface area contributed by atoms with E-state index in [1.54, 1.807) is 0 Å². The maximum absolute atomic E-state index is 6.37. The number of imidazole rings is 1. The van der Waals surface area contributed by atoms with Crippen LogP contribution in [0.5, 0.6) is 0 Å². The SMILES string of the molecule is CC(C)(C)n1c(-c2[c-]ccc3c2oc2nc(-c4ccccc4)ccc23)nc2ccccc21.CC(C)Cc1cc(-c2[c-]cccc2)ncc1[Si](C)(C)C.[Ir]. The van der Waals surface area contributed by atoms with Crippen molar-refractivity contribution in [2.24, 2.45) is 5.92 Å². The summed E-state index contributed by atoms with van der Waals surface area (Å²) in [5, 5.41) is 3.51. The Bertz CT molecular complexity index is 2490. The summed E-state index contributed by atoms with van der Waals surface area (Å²) in [5.41, 5.74) is 9.70. The summed E-state index contributed by atoms with van der Waals surface area (Å²) in [6, 6.07) is 43.5. The Kier molecular flexibility index (Phi) is 11.0. The smallest absolute Gasteiger partial charge is 0.216 e. The molecule has 0 saturated carbocycles. The molecule has 0 atom stereocenters. The molecule has 0 bridgehead atoms. The Labute approximate surface area is 327 Å². The van der Waals surface area contributed by atoms with Gasteiger partial charge in [0.15, 0.2) is 0 Å². The molecule has 53 heavy (non-hydrogen) atoms. The van der Waals surface area contributed by atoms with E-state index in [0.717, 1.165) is 67.7 Å². The predicted molar refractivity (Wildman–Crippen MR) is 220 cm³/mol. The average molecular weight is 891 g/mol. The summed E-state index contributed by atoms with van der Waals surface area (Å²) in [6.45, 7) is 18.3. The molecule has 4 heterocycles. The van der Waals surface area contributed by atoms with Crippen LogP contribution >= 0.6 is 0 Å². The molecule has 0 N–H and O–H groups in total. The van der Waals surface area contributed by atoms with Gasteiger partial charge >= 0.3 is 0 Å². The number of fused-ring (bicyclic) bond motifs is 4. The molecule has 0 fully saturated rings. The molecule has 7 heteroatoms. The van der Waals surface area contributed by atoms with E-state index < -0.39 is 8.07 Å². The van der Waals surface area contributed by atoms with Crippen LogP contribution in [0, 0.1) is 18.1 Å². The number of hydrogen-bond donors (Lipinski definition) is 0. The van der Waals surface area contributed by atoms with E-state index in [-0.39, 0.29) is 25.6 Å². The second-order valence-electron chi connectivity index (χ2n) is 15.9. The first-order chi connectivity index (χ1) is 24.9. The maximum Gasteiger partial charge on any atom is 0.216 e. The number of hydrogen-bond acceptors (Lipinski definition) is 4. The second-order valence-corrected chi connectivity index (χ2v) is 20.9. The van der Waals surface area contributed by atoms with Crippen molar-refractivity contribution in [2.45, 2.75) is 66.2 Å². The van der Waals surface area contributed by atoms with Gasteiger partial charge in [-0.2, -0.15) is 0 Å². The van der Waals surface area contributed by atoms with Gasteiger partial charge in [0.2, 0.25) is 5.71 Å². The van der Waals surface area contributed by atoms with Gasteiger partial charge in [0.25, 0.3) is 0 Å². The summed E-state index contributed by atoms with van der Waals surface area (Å²) in [6.07, 6.45) is 3.24. The molecular weight excluding hydrogens is 845 g/mol. The van der Waals surface area contributed by atoms with Gasteiger partial charge in [-0.05, 0) is 68.3 Å². The number of furan rings is 1. The molecule has 0 amide bonds. The van der Waals surface area contributed by atoms with Crippen LogP contribution in [-0.2, 0) is 32.1 Å². The Morgan fingerprint density at radius 3 is 2.21 bits per heavy atom. The van der Waals surface area contributed by atoms with Crippen molar-refractivity contribution in [3.63, 3.8) is 0 Å². The Hall–Kier alpha value is -4.68. The quantitative estimate of drug-likeness (QED) is 0.123. The fourth-order valence-corrected chi connectivity index (χ4v) is 8.50. The fraction of sp³-hybridized carbons (Fsp3) is 0.239. The first-order valence-electron chi connectivity index (χ1n) is 18.1.